The van der Waals surface area contributed by atoms with E-state index >= 15 is 0 Å². The van der Waals surface area contributed by atoms with Crippen LogP contribution in [-0.2, 0) is 6.42 Å². The Kier molecular flexibility index (Phi) is 3.07. The lowest BCUT2D eigenvalue weighted by molar-refractivity contribution is 0.438. The zero-order valence-electron chi connectivity index (χ0n) is 7.19. The van der Waals surface area contributed by atoms with Gasteiger partial charge in [-0.3, -0.25) is 0 Å². The minimum absolute atomic E-state index is 0. The van der Waals surface area contributed by atoms with Crippen LogP contribution in [0, 0.1) is 17.5 Å². The van der Waals surface area contributed by atoms with E-state index in [1.54, 1.807) is 0 Å². The Bertz CT molecular complexity index is 368. The number of hydrogen-bond acceptors (Lipinski definition) is 1. The quantitative estimate of drug-likeness (QED) is 0.672. The van der Waals surface area contributed by atoms with Crippen molar-refractivity contribution in [2.24, 2.45) is 5.73 Å². The molecule has 5 heteroatoms. The average Bonchev–Trinajstić information content (AvgIpc) is 2.43. The summed E-state index contributed by atoms with van der Waals surface area (Å²) in [5, 5.41) is 0. The summed E-state index contributed by atoms with van der Waals surface area (Å²) < 4.78 is 38.6. The van der Waals surface area contributed by atoms with E-state index in [9.17, 15) is 13.2 Å². The molecule has 0 amide bonds. The molecule has 1 nitrogen and oxygen atoms in total. The monoisotopic (exact) mass is 223 g/mol. The van der Waals surface area contributed by atoms with E-state index in [2.05, 4.69) is 0 Å². The van der Waals surface area contributed by atoms with Gasteiger partial charge in [-0.1, -0.05) is 0 Å². The van der Waals surface area contributed by atoms with Crippen molar-refractivity contribution in [1.82, 2.24) is 0 Å². The number of fused-ring (bicyclic) bond motifs is 1. The molecule has 78 valence electrons. The van der Waals surface area contributed by atoms with Gasteiger partial charge in [0, 0.05) is 11.6 Å². The molecule has 0 radical (unpaired) electrons. The zero-order chi connectivity index (χ0) is 9.59. The van der Waals surface area contributed by atoms with Crippen LogP contribution in [0.25, 0.3) is 0 Å². The SMILES string of the molecule is Cl.NC1CCc2cc(F)c(F)c(F)c21. The number of hydrogen-bond donors (Lipinski definition) is 1. The number of halogens is 4. The highest BCUT2D eigenvalue weighted by molar-refractivity contribution is 5.85. The van der Waals surface area contributed by atoms with Gasteiger partial charge in [0.1, 0.15) is 0 Å². The standard InChI is InChI=1S/C9H8F3N.ClH/c10-5-3-4-1-2-6(13)7(4)9(12)8(5)11;/h3,6H,1-2,13H2;1H. The zero-order valence-corrected chi connectivity index (χ0v) is 8.00. The molecule has 1 aromatic carbocycles. The Hall–Kier alpha value is -0.740. The van der Waals surface area contributed by atoms with Gasteiger partial charge in [0.15, 0.2) is 17.5 Å². The lowest BCUT2D eigenvalue weighted by Crippen LogP contribution is -2.09. The van der Waals surface area contributed by atoms with Crippen LogP contribution in [0.5, 0.6) is 0 Å². The van der Waals surface area contributed by atoms with E-state index in [-0.39, 0.29) is 18.0 Å². The smallest absolute Gasteiger partial charge is 0.194 e. The van der Waals surface area contributed by atoms with Gasteiger partial charge in [0.25, 0.3) is 0 Å². The highest BCUT2D eigenvalue weighted by Gasteiger charge is 2.27. The van der Waals surface area contributed by atoms with Crippen LogP contribution in [0.4, 0.5) is 13.2 Å². The minimum Gasteiger partial charge on any atom is -0.324 e. The van der Waals surface area contributed by atoms with Crippen LogP contribution >= 0.6 is 12.4 Å². The molecule has 14 heavy (non-hydrogen) atoms. The Morgan fingerprint density at radius 1 is 1.21 bits per heavy atom. The highest BCUT2D eigenvalue weighted by atomic mass is 35.5. The van der Waals surface area contributed by atoms with Crippen molar-refractivity contribution in [2.75, 3.05) is 0 Å². The van der Waals surface area contributed by atoms with Gasteiger partial charge >= 0.3 is 0 Å². The van der Waals surface area contributed by atoms with Crippen molar-refractivity contribution < 1.29 is 13.2 Å². The number of aryl methyl sites for hydroxylation is 1. The maximum absolute atomic E-state index is 13.1. The average molecular weight is 224 g/mol. The molecule has 1 aromatic rings. The van der Waals surface area contributed by atoms with E-state index in [1.165, 1.54) is 0 Å². The third-order valence-corrected chi connectivity index (χ3v) is 2.38. The van der Waals surface area contributed by atoms with Crippen molar-refractivity contribution in [3.05, 3.63) is 34.6 Å². The van der Waals surface area contributed by atoms with Gasteiger partial charge in [0.2, 0.25) is 0 Å². The molecule has 1 atom stereocenters. The highest BCUT2D eigenvalue weighted by Crippen LogP contribution is 2.33. The molecule has 0 fully saturated rings. The van der Waals surface area contributed by atoms with E-state index in [0.717, 1.165) is 6.07 Å². The molecule has 0 spiro atoms. The lowest BCUT2D eigenvalue weighted by atomic mass is 10.1. The van der Waals surface area contributed by atoms with Crippen LogP contribution in [0.3, 0.4) is 0 Å². The molecule has 1 aliphatic carbocycles. The first kappa shape index (κ1) is 11.3. The Morgan fingerprint density at radius 2 is 1.86 bits per heavy atom. The van der Waals surface area contributed by atoms with Crippen LogP contribution in [0.15, 0.2) is 6.07 Å². The largest absolute Gasteiger partial charge is 0.324 e. The summed E-state index contributed by atoms with van der Waals surface area (Å²) >= 11 is 0. The predicted octanol–water partition coefficient (Wildman–Crippen LogP) is 2.47. The van der Waals surface area contributed by atoms with Crippen molar-refractivity contribution in [1.29, 1.82) is 0 Å². The third-order valence-electron chi connectivity index (χ3n) is 2.38. The van der Waals surface area contributed by atoms with Crippen molar-refractivity contribution in [3.63, 3.8) is 0 Å². The topological polar surface area (TPSA) is 26.0 Å². The molecule has 1 aliphatic rings. The summed E-state index contributed by atoms with van der Waals surface area (Å²) in [6.07, 6.45) is 1.07. The van der Waals surface area contributed by atoms with E-state index in [0.29, 0.717) is 18.4 Å². The van der Waals surface area contributed by atoms with Crippen LogP contribution in [-0.4, -0.2) is 0 Å². The molecule has 0 heterocycles. The Labute approximate surface area is 85.5 Å². The fourth-order valence-electron chi connectivity index (χ4n) is 1.72. The first-order valence-electron chi connectivity index (χ1n) is 4.03. The van der Waals surface area contributed by atoms with E-state index < -0.39 is 23.5 Å². The first-order chi connectivity index (χ1) is 6.11. The summed E-state index contributed by atoms with van der Waals surface area (Å²) in [5.74, 6) is -3.68. The summed E-state index contributed by atoms with van der Waals surface area (Å²) in [6, 6.07) is 0.533. The van der Waals surface area contributed by atoms with Crippen molar-refractivity contribution in [3.8, 4) is 0 Å². The van der Waals surface area contributed by atoms with Crippen molar-refractivity contribution >= 4 is 12.4 Å². The molecule has 2 N–H and O–H groups in total. The van der Waals surface area contributed by atoms with Gasteiger partial charge in [-0.05, 0) is 24.5 Å². The maximum atomic E-state index is 13.1. The number of rotatable bonds is 0. The molecule has 0 aromatic heterocycles. The van der Waals surface area contributed by atoms with E-state index in [1.807, 2.05) is 0 Å². The lowest BCUT2D eigenvalue weighted by Gasteiger charge is -2.07. The molecule has 0 aliphatic heterocycles. The number of benzene rings is 1. The van der Waals surface area contributed by atoms with Gasteiger partial charge in [0.05, 0.1) is 0 Å². The Balaban J connectivity index is 0.000000980. The van der Waals surface area contributed by atoms with Crippen LogP contribution < -0.4 is 5.73 Å². The maximum Gasteiger partial charge on any atom is 0.194 e. The summed E-state index contributed by atoms with van der Waals surface area (Å²) in [4.78, 5) is 0. The minimum atomic E-state index is -1.42. The fourth-order valence-corrected chi connectivity index (χ4v) is 1.72. The molecular weight excluding hydrogens is 215 g/mol. The predicted molar refractivity (Wildman–Crippen MR) is 48.8 cm³/mol. The molecular formula is C9H9ClF3N. The molecule has 2 rings (SSSR count). The molecule has 1 unspecified atom stereocenters. The van der Waals surface area contributed by atoms with Gasteiger partial charge in [-0.2, -0.15) is 0 Å². The van der Waals surface area contributed by atoms with Crippen LogP contribution in [0.2, 0.25) is 0 Å². The second-order valence-corrected chi connectivity index (χ2v) is 3.20. The third kappa shape index (κ3) is 1.48. The second kappa shape index (κ2) is 3.79. The normalized spacial score (nSPS) is 19.0. The van der Waals surface area contributed by atoms with Gasteiger partial charge in [-0.15, -0.1) is 12.4 Å². The molecule has 0 saturated carbocycles. The molecule has 0 saturated heterocycles. The van der Waals surface area contributed by atoms with Gasteiger partial charge < -0.3 is 5.73 Å². The van der Waals surface area contributed by atoms with Gasteiger partial charge in [-0.25, -0.2) is 13.2 Å². The summed E-state index contributed by atoms with van der Waals surface area (Å²) in [6.45, 7) is 0. The fraction of sp³-hybridized carbons (Fsp3) is 0.333. The first-order valence-corrected chi connectivity index (χ1v) is 4.03. The van der Waals surface area contributed by atoms with Crippen LogP contribution in [0.1, 0.15) is 23.6 Å². The summed E-state index contributed by atoms with van der Waals surface area (Å²) in [5.41, 5.74) is 6.16. The van der Waals surface area contributed by atoms with Crippen molar-refractivity contribution in [2.45, 2.75) is 18.9 Å². The number of nitrogens with two attached hydrogens (primary N) is 1. The second-order valence-electron chi connectivity index (χ2n) is 3.20. The molecule has 0 bridgehead atoms. The Morgan fingerprint density at radius 3 is 2.50 bits per heavy atom. The van der Waals surface area contributed by atoms with E-state index in [4.69, 9.17) is 5.73 Å². The summed E-state index contributed by atoms with van der Waals surface area (Å²) in [7, 11) is 0.